The summed E-state index contributed by atoms with van der Waals surface area (Å²) >= 11 is 0. The average molecular weight is 454 g/mol. The Hall–Kier alpha value is -4.21. The van der Waals surface area contributed by atoms with E-state index in [0.717, 1.165) is 11.5 Å². The van der Waals surface area contributed by atoms with Crippen LogP contribution < -0.4 is 9.47 Å². The van der Waals surface area contributed by atoms with Crippen LogP contribution in [0.1, 0.15) is 38.9 Å². The van der Waals surface area contributed by atoms with Crippen LogP contribution in [0.15, 0.2) is 36.4 Å². The van der Waals surface area contributed by atoms with Crippen molar-refractivity contribution in [3.05, 3.63) is 68.9 Å². The molecule has 0 aliphatic heterocycles. The molecule has 0 amide bonds. The molecule has 33 heavy (non-hydrogen) atoms. The standard InChI is InChI=1S/C23H22N2O8/c1-5-32-20-10-15(18(25(28)29)11-19(20)30-3)22(26)33-12-17-21(23(27)31-4)13(2)14-8-6-7-9-16(14)24-17/h6-11H,5,12H2,1-4H3. The zero-order valence-electron chi connectivity index (χ0n) is 18.5. The van der Waals surface area contributed by atoms with Crippen molar-refractivity contribution in [1.82, 2.24) is 4.98 Å². The molecule has 0 saturated heterocycles. The van der Waals surface area contributed by atoms with E-state index in [0.29, 0.717) is 11.1 Å². The van der Waals surface area contributed by atoms with Crippen LogP contribution in [-0.2, 0) is 16.1 Å². The molecular formula is C23H22N2O8. The van der Waals surface area contributed by atoms with Gasteiger partial charge in [0, 0.05) is 11.5 Å². The SMILES string of the molecule is CCOc1cc(C(=O)OCc2nc3ccccc3c(C)c2C(=O)OC)c([N+](=O)[O-])cc1OC. The second-order valence-corrected chi connectivity index (χ2v) is 6.85. The number of carbonyl (C=O) groups is 2. The fraction of sp³-hybridized carbons (Fsp3) is 0.261. The molecule has 10 nitrogen and oxygen atoms in total. The van der Waals surface area contributed by atoms with E-state index < -0.39 is 29.2 Å². The van der Waals surface area contributed by atoms with Crippen molar-refractivity contribution in [2.24, 2.45) is 0 Å². The molecule has 0 fully saturated rings. The maximum absolute atomic E-state index is 12.8. The number of nitro benzene ring substituents is 1. The topological polar surface area (TPSA) is 127 Å². The van der Waals surface area contributed by atoms with Crippen molar-refractivity contribution >= 4 is 28.5 Å². The molecule has 0 saturated carbocycles. The highest BCUT2D eigenvalue weighted by Crippen LogP contribution is 2.35. The van der Waals surface area contributed by atoms with Gasteiger partial charge in [0.2, 0.25) is 0 Å². The molecule has 0 aliphatic carbocycles. The largest absolute Gasteiger partial charge is 0.493 e. The summed E-state index contributed by atoms with van der Waals surface area (Å²) < 4.78 is 20.8. The molecule has 172 valence electrons. The second kappa shape index (κ2) is 9.94. The lowest BCUT2D eigenvalue weighted by Crippen LogP contribution is -2.15. The Bertz CT molecular complexity index is 1240. The molecule has 0 unspecified atom stereocenters. The van der Waals surface area contributed by atoms with Gasteiger partial charge in [-0.3, -0.25) is 10.1 Å². The smallest absolute Gasteiger partial charge is 0.345 e. The number of fused-ring (bicyclic) bond motifs is 1. The minimum Gasteiger partial charge on any atom is -0.493 e. The van der Waals surface area contributed by atoms with Gasteiger partial charge in [-0.25, -0.2) is 14.6 Å². The molecule has 1 aromatic heterocycles. The van der Waals surface area contributed by atoms with Gasteiger partial charge in [-0.1, -0.05) is 18.2 Å². The number of para-hydroxylation sites is 1. The third kappa shape index (κ3) is 4.69. The third-order valence-corrected chi connectivity index (χ3v) is 4.95. The number of hydrogen-bond donors (Lipinski definition) is 0. The molecule has 1 heterocycles. The number of hydrogen-bond acceptors (Lipinski definition) is 9. The van der Waals surface area contributed by atoms with Gasteiger partial charge in [-0.2, -0.15) is 0 Å². The van der Waals surface area contributed by atoms with Crippen molar-refractivity contribution in [3.63, 3.8) is 0 Å². The maximum atomic E-state index is 12.8. The molecule has 0 bridgehead atoms. The lowest BCUT2D eigenvalue weighted by Gasteiger charge is -2.14. The Kier molecular flexibility index (Phi) is 7.07. The molecular weight excluding hydrogens is 432 g/mol. The van der Waals surface area contributed by atoms with Gasteiger partial charge in [0.15, 0.2) is 11.5 Å². The zero-order valence-corrected chi connectivity index (χ0v) is 18.5. The maximum Gasteiger partial charge on any atom is 0.345 e. The lowest BCUT2D eigenvalue weighted by molar-refractivity contribution is -0.385. The molecule has 2 aromatic carbocycles. The van der Waals surface area contributed by atoms with Crippen LogP contribution in [0, 0.1) is 17.0 Å². The van der Waals surface area contributed by atoms with Gasteiger partial charge in [0.25, 0.3) is 5.69 Å². The molecule has 0 spiro atoms. The van der Waals surface area contributed by atoms with Crippen molar-refractivity contribution < 1.29 is 33.5 Å². The summed E-state index contributed by atoms with van der Waals surface area (Å²) in [6.07, 6.45) is 0. The summed E-state index contributed by atoms with van der Waals surface area (Å²) in [5.74, 6) is -1.34. The number of aryl methyl sites for hydroxylation is 1. The number of aromatic nitrogens is 1. The van der Waals surface area contributed by atoms with E-state index in [4.69, 9.17) is 18.9 Å². The highest BCUT2D eigenvalue weighted by Gasteiger charge is 2.27. The number of carbonyl (C=O) groups excluding carboxylic acids is 2. The van der Waals surface area contributed by atoms with E-state index in [1.165, 1.54) is 20.3 Å². The van der Waals surface area contributed by atoms with E-state index in [1.807, 2.05) is 12.1 Å². The van der Waals surface area contributed by atoms with E-state index in [1.54, 1.807) is 26.0 Å². The Morgan fingerprint density at radius 1 is 1.09 bits per heavy atom. The number of rotatable bonds is 8. The quantitative estimate of drug-likeness (QED) is 0.282. The Labute approximate surface area is 189 Å². The molecule has 3 aromatic rings. The number of methoxy groups -OCH3 is 2. The van der Waals surface area contributed by atoms with Gasteiger partial charge in [0.1, 0.15) is 12.2 Å². The second-order valence-electron chi connectivity index (χ2n) is 6.85. The highest BCUT2D eigenvalue weighted by molar-refractivity contribution is 5.98. The molecule has 10 heteroatoms. The van der Waals surface area contributed by atoms with Gasteiger partial charge in [0.05, 0.1) is 48.6 Å². The third-order valence-electron chi connectivity index (χ3n) is 4.95. The summed E-state index contributed by atoms with van der Waals surface area (Å²) in [7, 11) is 2.57. The minimum atomic E-state index is -0.978. The van der Waals surface area contributed by atoms with Crippen LogP contribution in [-0.4, -0.2) is 42.7 Å². The number of pyridine rings is 1. The van der Waals surface area contributed by atoms with Crippen LogP contribution in [0.3, 0.4) is 0 Å². The first-order valence-corrected chi connectivity index (χ1v) is 9.95. The summed E-state index contributed by atoms with van der Waals surface area (Å²) in [6, 6.07) is 9.48. The van der Waals surface area contributed by atoms with Gasteiger partial charge >= 0.3 is 11.9 Å². The predicted octanol–water partition coefficient (Wildman–Crippen LogP) is 4.00. The van der Waals surface area contributed by atoms with Crippen molar-refractivity contribution in [1.29, 1.82) is 0 Å². The number of esters is 2. The predicted molar refractivity (Wildman–Crippen MR) is 118 cm³/mol. The number of nitro groups is 1. The van der Waals surface area contributed by atoms with Gasteiger partial charge in [-0.15, -0.1) is 0 Å². The first kappa shape index (κ1) is 23.5. The normalized spacial score (nSPS) is 10.5. The molecule has 0 atom stereocenters. The lowest BCUT2D eigenvalue weighted by atomic mass is 10.0. The number of benzene rings is 2. The molecule has 0 radical (unpaired) electrons. The fourth-order valence-corrected chi connectivity index (χ4v) is 3.42. The van der Waals surface area contributed by atoms with Crippen LogP contribution in [0.25, 0.3) is 10.9 Å². The van der Waals surface area contributed by atoms with Crippen LogP contribution in [0.5, 0.6) is 11.5 Å². The Morgan fingerprint density at radius 3 is 2.45 bits per heavy atom. The molecule has 0 N–H and O–H groups in total. The molecule has 3 rings (SSSR count). The van der Waals surface area contributed by atoms with Crippen LogP contribution >= 0.6 is 0 Å². The van der Waals surface area contributed by atoms with E-state index >= 15 is 0 Å². The summed E-state index contributed by atoms with van der Waals surface area (Å²) in [4.78, 5) is 40.5. The first-order chi connectivity index (χ1) is 15.8. The van der Waals surface area contributed by atoms with Crippen LogP contribution in [0.4, 0.5) is 5.69 Å². The highest BCUT2D eigenvalue weighted by atomic mass is 16.6. The first-order valence-electron chi connectivity index (χ1n) is 9.95. The minimum absolute atomic E-state index is 0.111. The van der Waals surface area contributed by atoms with E-state index in [2.05, 4.69) is 4.98 Å². The van der Waals surface area contributed by atoms with Crippen molar-refractivity contribution in [2.45, 2.75) is 20.5 Å². The monoisotopic (exact) mass is 454 g/mol. The number of ether oxygens (including phenoxy) is 4. The number of nitrogens with zero attached hydrogens (tertiary/aromatic N) is 2. The van der Waals surface area contributed by atoms with Gasteiger partial charge in [-0.05, 0) is 25.5 Å². The Morgan fingerprint density at radius 2 is 1.82 bits per heavy atom. The summed E-state index contributed by atoms with van der Waals surface area (Å²) in [5, 5.41) is 12.3. The zero-order chi connectivity index (χ0) is 24.1. The summed E-state index contributed by atoms with van der Waals surface area (Å²) in [6.45, 7) is 3.32. The fourth-order valence-electron chi connectivity index (χ4n) is 3.42. The molecule has 0 aliphatic rings. The van der Waals surface area contributed by atoms with Crippen LogP contribution in [0.2, 0.25) is 0 Å². The van der Waals surface area contributed by atoms with Gasteiger partial charge < -0.3 is 18.9 Å². The van der Waals surface area contributed by atoms with Crippen molar-refractivity contribution in [2.75, 3.05) is 20.8 Å². The van der Waals surface area contributed by atoms with E-state index in [9.17, 15) is 19.7 Å². The summed E-state index contributed by atoms with van der Waals surface area (Å²) in [5.41, 5.74) is 0.740. The van der Waals surface area contributed by atoms with E-state index in [-0.39, 0.29) is 34.9 Å². The Balaban J connectivity index is 2.01. The average Bonchev–Trinajstić information content (AvgIpc) is 2.82. The van der Waals surface area contributed by atoms with Crippen molar-refractivity contribution in [3.8, 4) is 11.5 Å².